The van der Waals surface area contributed by atoms with E-state index in [9.17, 15) is 0 Å². The lowest BCUT2D eigenvalue weighted by molar-refractivity contribution is -0.129. The summed E-state index contributed by atoms with van der Waals surface area (Å²) in [4.78, 5) is 1.59. The Bertz CT molecular complexity index is 736. The molecule has 0 amide bonds. The van der Waals surface area contributed by atoms with Crippen molar-refractivity contribution < 1.29 is 0 Å². The first kappa shape index (κ1) is 29.1. The van der Waals surface area contributed by atoms with Gasteiger partial charge in [0.2, 0.25) is 0 Å². The van der Waals surface area contributed by atoms with Gasteiger partial charge in [-0.05, 0) is 172 Å². The number of hydrogen-bond acceptors (Lipinski definition) is 0. The summed E-state index contributed by atoms with van der Waals surface area (Å²) in [7, 11) is 0. The molecule has 10 atom stereocenters. The van der Waals surface area contributed by atoms with Crippen LogP contribution in [0.5, 0.6) is 0 Å². The van der Waals surface area contributed by atoms with Crippen LogP contribution in [-0.4, -0.2) is 9.65 Å². The minimum Gasteiger partial charge on any atom is -0.0887 e. The number of rotatable bonds is 2. The van der Waals surface area contributed by atoms with Crippen LogP contribution in [0.2, 0.25) is 0 Å². The average molecular weight is 653 g/mol. The van der Waals surface area contributed by atoms with E-state index in [1.54, 1.807) is 12.8 Å². The van der Waals surface area contributed by atoms with Crippen LogP contribution < -0.4 is 0 Å². The third kappa shape index (κ3) is 5.30. The Labute approximate surface area is 253 Å². The molecule has 6 saturated carbocycles. The van der Waals surface area contributed by atoms with Gasteiger partial charge < -0.3 is 0 Å². The molecule has 0 saturated heterocycles. The first-order valence-electron chi connectivity index (χ1n) is 17.2. The highest BCUT2D eigenvalue weighted by Crippen LogP contribution is 2.66. The number of hydrogen-bond donors (Lipinski definition) is 0. The summed E-state index contributed by atoms with van der Waals surface area (Å²) in [5, 5.41) is 0. The molecule has 0 spiro atoms. The molecule has 0 bridgehead atoms. The van der Waals surface area contributed by atoms with E-state index in [0.717, 1.165) is 80.7 Å². The quantitative estimate of drug-likeness (QED) is 0.261. The molecule has 0 aromatic rings. The van der Waals surface area contributed by atoms with E-state index in [1.165, 1.54) is 77.0 Å². The van der Waals surface area contributed by atoms with Gasteiger partial charge in [0.1, 0.15) is 0 Å². The van der Waals surface area contributed by atoms with Gasteiger partial charge in [-0.15, -0.1) is 0 Å². The molecule has 0 nitrogen and oxygen atoms in total. The summed E-state index contributed by atoms with van der Waals surface area (Å²) >= 11 is 8.78. The standard InChI is InChI=1S/C36H60Br2/c1-35(2,3)23-11-7-21(8-12-23)29-19-31(37)27-18-16-26-30(22-9-13-24(14-10-22)36(4,5)6)20-32(38)28-17-15-25(29)33(27)34(26)28/h21-34H,7-20H2,1-6H3. The van der Waals surface area contributed by atoms with E-state index in [0.29, 0.717) is 10.8 Å². The van der Waals surface area contributed by atoms with Crippen LogP contribution in [0, 0.1) is 81.8 Å². The summed E-state index contributed by atoms with van der Waals surface area (Å²) in [6.07, 6.45) is 21.3. The average Bonchev–Trinajstić information content (AvgIpc) is 2.88. The van der Waals surface area contributed by atoms with Gasteiger partial charge in [0.25, 0.3) is 0 Å². The summed E-state index contributed by atoms with van der Waals surface area (Å²) in [5.74, 6) is 12.1. The monoisotopic (exact) mass is 650 g/mol. The fraction of sp³-hybridized carbons (Fsp3) is 1.00. The van der Waals surface area contributed by atoms with Crippen molar-refractivity contribution in [3.05, 3.63) is 0 Å². The van der Waals surface area contributed by atoms with Crippen molar-refractivity contribution in [2.45, 2.75) is 141 Å². The highest BCUT2D eigenvalue weighted by molar-refractivity contribution is 9.09. The topological polar surface area (TPSA) is 0 Å². The summed E-state index contributed by atoms with van der Waals surface area (Å²) in [6.45, 7) is 15.0. The molecule has 6 aliphatic carbocycles. The Morgan fingerprint density at radius 3 is 1.03 bits per heavy atom. The second-order valence-electron chi connectivity index (χ2n) is 17.8. The Morgan fingerprint density at radius 1 is 0.395 bits per heavy atom. The lowest BCUT2D eigenvalue weighted by atomic mass is 9.42. The molecule has 0 aromatic heterocycles. The lowest BCUT2D eigenvalue weighted by Gasteiger charge is -2.64. The second-order valence-corrected chi connectivity index (χ2v) is 20.1. The minimum atomic E-state index is 0.503. The Kier molecular flexibility index (Phi) is 8.34. The highest BCUT2D eigenvalue weighted by atomic mass is 79.9. The van der Waals surface area contributed by atoms with Crippen LogP contribution in [0.1, 0.15) is 131 Å². The van der Waals surface area contributed by atoms with Crippen LogP contribution in [0.3, 0.4) is 0 Å². The molecule has 38 heavy (non-hydrogen) atoms. The molecule has 6 fully saturated rings. The van der Waals surface area contributed by atoms with Gasteiger partial charge in [-0.2, -0.15) is 0 Å². The Morgan fingerprint density at radius 2 is 0.711 bits per heavy atom. The molecule has 6 aliphatic rings. The Hall–Kier alpha value is 0.960. The first-order chi connectivity index (χ1) is 17.9. The lowest BCUT2D eigenvalue weighted by Crippen LogP contribution is -2.59. The normalized spacial score (nSPS) is 51.8. The fourth-order valence-electron chi connectivity index (χ4n) is 12.3. The first-order valence-corrected chi connectivity index (χ1v) is 19.0. The van der Waals surface area contributed by atoms with Crippen molar-refractivity contribution in [2.75, 3.05) is 0 Å². The zero-order valence-corrected chi connectivity index (χ0v) is 28.9. The van der Waals surface area contributed by atoms with Gasteiger partial charge in [0.05, 0.1) is 0 Å². The molecule has 6 rings (SSSR count). The van der Waals surface area contributed by atoms with Crippen molar-refractivity contribution in [3.8, 4) is 0 Å². The van der Waals surface area contributed by atoms with Crippen molar-refractivity contribution in [1.29, 1.82) is 0 Å². The molecular weight excluding hydrogens is 592 g/mol. The highest BCUT2D eigenvalue weighted by Gasteiger charge is 2.60. The van der Waals surface area contributed by atoms with E-state index < -0.39 is 0 Å². The largest absolute Gasteiger partial charge is 0.0887 e. The van der Waals surface area contributed by atoms with Gasteiger partial charge in [-0.25, -0.2) is 0 Å². The summed E-state index contributed by atoms with van der Waals surface area (Å²) in [6, 6.07) is 0. The molecule has 0 aliphatic heterocycles. The zero-order chi connectivity index (χ0) is 27.0. The number of halogens is 2. The Balaban J connectivity index is 1.20. The van der Waals surface area contributed by atoms with Gasteiger partial charge in [-0.3, -0.25) is 0 Å². The fourth-order valence-corrected chi connectivity index (χ4v) is 14.4. The predicted molar refractivity (Wildman–Crippen MR) is 171 cm³/mol. The zero-order valence-electron chi connectivity index (χ0n) is 25.7. The van der Waals surface area contributed by atoms with E-state index in [2.05, 4.69) is 73.4 Å². The second kappa shape index (κ2) is 10.9. The molecule has 0 N–H and O–H groups in total. The van der Waals surface area contributed by atoms with E-state index in [1.807, 2.05) is 0 Å². The van der Waals surface area contributed by atoms with Crippen LogP contribution in [0.4, 0.5) is 0 Å². The van der Waals surface area contributed by atoms with Crippen LogP contribution in [0.15, 0.2) is 0 Å². The van der Waals surface area contributed by atoms with Crippen LogP contribution in [-0.2, 0) is 0 Å². The predicted octanol–water partition coefficient (Wildman–Crippen LogP) is 11.5. The SMILES string of the molecule is CC(C)(C)C1CCC(C2CC(Br)C3CCC4C(C5CCC(C(C)(C)C)CC5)CC(Br)C5CCC2C3C54)CC1. The van der Waals surface area contributed by atoms with Crippen LogP contribution in [0.25, 0.3) is 0 Å². The maximum absolute atomic E-state index is 4.39. The van der Waals surface area contributed by atoms with Crippen molar-refractivity contribution in [2.24, 2.45) is 81.8 Å². The van der Waals surface area contributed by atoms with Gasteiger partial charge in [0, 0.05) is 9.65 Å². The molecule has 0 heterocycles. The van der Waals surface area contributed by atoms with E-state index >= 15 is 0 Å². The van der Waals surface area contributed by atoms with Gasteiger partial charge >= 0.3 is 0 Å². The summed E-state index contributed by atoms with van der Waals surface area (Å²) < 4.78 is 0. The van der Waals surface area contributed by atoms with Crippen molar-refractivity contribution in [3.63, 3.8) is 0 Å². The van der Waals surface area contributed by atoms with E-state index in [-0.39, 0.29) is 0 Å². The third-order valence-electron chi connectivity index (χ3n) is 14.3. The molecule has 2 heteroatoms. The molecule has 218 valence electrons. The minimum absolute atomic E-state index is 0.503. The molecule has 0 radical (unpaired) electrons. The van der Waals surface area contributed by atoms with Crippen molar-refractivity contribution in [1.82, 2.24) is 0 Å². The molecule has 10 unspecified atom stereocenters. The third-order valence-corrected chi connectivity index (χ3v) is 16.4. The number of alkyl halides is 2. The van der Waals surface area contributed by atoms with E-state index in [4.69, 9.17) is 0 Å². The maximum atomic E-state index is 4.39. The smallest absolute Gasteiger partial charge is 0.0179 e. The van der Waals surface area contributed by atoms with Crippen LogP contribution >= 0.6 is 31.9 Å². The molecular formula is C36H60Br2. The van der Waals surface area contributed by atoms with Gasteiger partial charge in [0.15, 0.2) is 0 Å². The van der Waals surface area contributed by atoms with Crippen molar-refractivity contribution >= 4 is 31.9 Å². The molecule has 0 aromatic carbocycles. The maximum Gasteiger partial charge on any atom is 0.0179 e. The van der Waals surface area contributed by atoms with Gasteiger partial charge in [-0.1, -0.05) is 73.4 Å². The summed E-state index contributed by atoms with van der Waals surface area (Å²) in [5.41, 5.74) is 1.01.